The molecule has 1 aromatic carbocycles. The zero-order chi connectivity index (χ0) is 17.4. The summed E-state index contributed by atoms with van der Waals surface area (Å²) in [6.45, 7) is 4.54. The highest BCUT2D eigenvalue weighted by molar-refractivity contribution is 6.03. The van der Waals surface area contributed by atoms with Gasteiger partial charge in [-0.15, -0.1) is 0 Å². The van der Waals surface area contributed by atoms with Crippen LogP contribution in [0.3, 0.4) is 0 Å². The molecule has 0 bridgehead atoms. The highest BCUT2D eigenvalue weighted by Crippen LogP contribution is 2.30. The standard InChI is InChI=1S/C20H28O4/c1-3-5-14-23-19(21)16-11-7-8-12-17(16)20(22)24-18-13-9-6-10-15(18)4-2/h7-8,11-12,15,18H,3-6,9-10,13-14H2,1-2H3. The molecule has 0 radical (unpaired) electrons. The zero-order valence-corrected chi connectivity index (χ0v) is 14.8. The van der Waals surface area contributed by atoms with E-state index in [0.29, 0.717) is 23.7 Å². The van der Waals surface area contributed by atoms with E-state index in [1.54, 1.807) is 24.3 Å². The molecule has 0 saturated heterocycles. The van der Waals surface area contributed by atoms with Crippen molar-refractivity contribution in [3.05, 3.63) is 35.4 Å². The van der Waals surface area contributed by atoms with Crippen molar-refractivity contribution in [2.24, 2.45) is 5.92 Å². The molecule has 0 N–H and O–H groups in total. The van der Waals surface area contributed by atoms with Crippen molar-refractivity contribution in [2.75, 3.05) is 6.61 Å². The summed E-state index contributed by atoms with van der Waals surface area (Å²) in [6, 6.07) is 6.76. The fraction of sp³-hybridized carbons (Fsp3) is 0.600. The van der Waals surface area contributed by atoms with E-state index >= 15 is 0 Å². The number of esters is 2. The van der Waals surface area contributed by atoms with E-state index in [9.17, 15) is 9.59 Å². The van der Waals surface area contributed by atoms with Gasteiger partial charge in [-0.3, -0.25) is 0 Å². The average Bonchev–Trinajstić information content (AvgIpc) is 2.62. The van der Waals surface area contributed by atoms with E-state index in [1.165, 1.54) is 6.42 Å². The molecule has 4 heteroatoms. The van der Waals surface area contributed by atoms with E-state index in [-0.39, 0.29) is 6.10 Å². The summed E-state index contributed by atoms with van der Waals surface area (Å²) in [5, 5.41) is 0. The molecular weight excluding hydrogens is 304 g/mol. The first-order valence-corrected chi connectivity index (χ1v) is 9.14. The van der Waals surface area contributed by atoms with Gasteiger partial charge in [0.1, 0.15) is 6.10 Å². The molecular formula is C20H28O4. The minimum Gasteiger partial charge on any atom is -0.462 e. The molecule has 2 rings (SSSR count). The molecule has 0 spiro atoms. The van der Waals surface area contributed by atoms with Gasteiger partial charge in [-0.2, -0.15) is 0 Å². The monoisotopic (exact) mass is 332 g/mol. The fourth-order valence-corrected chi connectivity index (χ4v) is 3.22. The lowest BCUT2D eigenvalue weighted by Crippen LogP contribution is -2.30. The van der Waals surface area contributed by atoms with E-state index in [1.807, 2.05) is 6.92 Å². The molecule has 1 saturated carbocycles. The molecule has 1 fully saturated rings. The summed E-state index contributed by atoms with van der Waals surface area (Å²) in [7, 11) is 0. The molecule has 0 heterocycles. The van der Waals surface area contributed by atoms with Gasteiger partial charge in [-0.25, -0.2) is 9.59 Å². The van der Waals surface area contributed by atoms with Crippen LogP contribution in [0.4, 0.5) is 0 Å². The normalized spacial score (nSPS) is 20.4. The Kier molecular flexibility index (Phi) is 7.29. The molecule has 24 heavy (non-hydrogen) atoms. The number of hydrogen-bond donors (Lipinski definition) is 0. The summed E-state index contributed by atoms with van der Waals surface area (Å²) in [4.78, 5) is 24.8. The zero-order valence-electron chi connectivity index (χ0n) is 14.8. The van der Waals surface area contributed by atoms with Crippen LogP contribution in [0.15, 0.2) is 24.3 Å². The van der Waals surface area contributed by atoms with Gasteiger partial charge in [0.2, 0.25) is 0 Å². The third kappa shape index (κ3) is 4.83. The van der Waals surface area contributed by atoms with Crippen molar-refractivity contribution in [2.45, 2.75) is 64.9 Å². The second-order valence-corrected chi connectivity index (χ2v) is 6.43. The molecule has 0 amide bonds. The number of unbranched alkanes of at least 4 members (excludes halogenated alkanes) is 1. The Morgan fingerprint density at radius 1 is 1.04 bits per heavy atom. The number of benzene rings is 1. The Bertz CT molecular complexity index is 552. The van der Waals surface area contributed by atoms with Gasteiger partial charge in [0.05, 0.1) is 17.7 Å². The molecule has 1 aliphatic rings. The van der Waals surface area contributed by atoms with Gasteiger partial charge in [0, 0.05) is 0 Å². The lowest BCUT2D eigenvalue weighted by atomic mass is 9.85. The van der Waals surface area contributed by atoms with Crippen LogP contribution in [-0.2, 0) is 9.47 Å². The van der Waals surface area contributed by atoms with Crippen molar-refractivity contribution < 1.29 is 19.1 Å². The molecule has 132 valence electrons. The first-order chi connectivity index (χ1) is 11.7. The number of ether oxygens (including phenoxy) is 2. The molecule has 2 atom stereocenters. The van der Waals surface area contributed by atoms with Crippen LogP contribution >= 0.6 is 0 Å². The highest BCUT2D eigenvalue weighted by Gasteiger charge is 2.28. The number of rotatable bonds is 7. The Hall–Kier alpha value is -1.84. The van der Waals surface area contributed by atoms with Crippen LogP contribution in [0.1, 0.15) is 79.5 Å². The Balaban J connectivity index is 2.07. The largest absolute Gasteiger partial charge is 0.462 e. The van der Waals surface area contributed by atoms with Gasteiger partial charge in [0.15, 0.2) is 0 Å². The first-order valence-electron chi connectivity index (χ1n) is 9.14. The molecule has 0 aliphatic heterocycles. The lowest BCUT2D eigenvalue weighted by Gasteiger charge is -2.30. The summed E-state index contributed by atoms with van der Waals surface area (Å²) in [5.74, 6) is -0.443. The van der Waals surface area contributed by atoms with Crippen LogP contribution in [-0.4, -0.2) is 24.6 Å². The van der Waals surface area contributed by atoms with Crippen molar-refractivity contribution in [3.8, 4) is 0 Å². The SMILES string of the molecule is CCCCOC(=O)c1ccccc1C(=O)OC1CCCCC1CC. The van der Waals surface area contributed by atoms with Crippen LogP contribution in [0.5, 0.6) is 0 Å². The highest BCUT2D eigenvalue weighted by atomic mass is 16.5. The maximum atomic E-state index is 12.6. The molecule has 4 nitrogen and oxygen atoms in total. The summed E-state index contributed by atoms with van der Waals surface area (Å²) in [5.41, 5.74) is 0.599. The predicted molar refractivity (Wildman–Crippen MR) is 93.1 cm³/mol. The van der Waals surface area contributed by atoms with E-state index in [2.05, 4.69) is 6.92 Å². The van der Waals surface area contributed by atoms with Crippen molar-refractivity contribution in [3.63, 3.8) is 0 Å². The van der Waals surface area contributed by atoms with Crippen LogP contribution in [0.25, 0.3) is 0 Å². The summed E-state index contributed by atoms with van der Waals surface area (Å²) in [6.07, 6.45) is 7.05. The second-order valence-electron chi connectivity index (χ2n) is 6.43. The minimum absolute atomic E-state index is 0.0413. The topological polar surface area (TPSA) is 52.6 Å². The third-order valence-corrected chi connectivity index (χ3v) is 4.72. The van der Waals surface area contributed by atoms with E-state index in [0.717, 1.165) is 38.5 Å². The van der Waals surface area contributed by atoms with E-state index < -0.39 is 11.9 Å². The van der Waals surface area contributed by atoms with Crippen molar-refractivity contribution in [1.29, 1.82) is 0 Å². The van der Waals surface area contributed by atoms with Crippen LogP contribution < -0.4 is 0 Å². The number of carbonyl (C=O) groups is 2. The van der Waals surface area contributed by atoms with Gasteiger partial charge in [-0.1, -0.05) is 38.8 Å². The quantitative estimate of drug-likeness (QED) is 0.533. The first kappa shape index (κ1) is 18.5. The second kappa shape index (κ2) is 9.45. The van der Waals surface area contributed by atoms with Crippen molar-refractivity contribution >= 4 is 11.9 Å². The van der Waals surface area contributed by atoms with Crippen molar-refractivity contribution in [1.82, 2.24) is 0 Å². The summed E-state index contributed by atoms with van der Waals surface area (Å²) < 4.78 is 11.0. The molecule has 2 unspecified atom stereocenters. The molecule has 1 aromatic rings. The van der Waals surface area contributed by atoms with Crippen LogP contribution in [0.2, 0.25) is 0 Å². The summed E-state index contributed by atoms with van der Waals surface area (Å²) >= 11 is 0. The lowest BCUT2D eigenvalue weighted by molar-refractivity contribution is 0.000314. The van der Waals surface area contributed by atoms with Crippen LogP contribution in [0, 0.1) is 5.92 Å². The Morgan fingerprint density at radius 2 is 1.71 bits per heavy atom. The third-order valence-electron chi connectivity index (χ3n) is 4.72. The fourth-order valence-electron chi connectivity index (χ4n) is 3.22. The average molecular weight is 332 g/mol. The Morgan fingerprint density at radius 3 is 2.38 bits per heavy atom. The predicted octanol–water partition coefficient (Wildman–Crippen LogP) is 4.77. The number of carbonyl (C=O) groups excluding carboxylic acids is 2. The van der Waals surface area contributed by atoms with Gasteiger partial charge >= 0.3 is 11.9 Å². The molecule has 0 aromatic heterocycles. The maximum Gasteiger partial charge on any atom is 0.339 e. The van der Waals surface area contributed by atoms with Gasteiger partial charge in [-0.05, 0) is 50.2 Å². The number of hydrogen-bond acceptors (Lipinski definition) is 4. The minimum atomic E-state index is -0.452. The van der Waals surface area contributed by atoms with E-state index in [4.69, 9.17) is 9.47 Å². The Labute approximate surface area is 144 Å². The smallest absolute Gasteiger partial charge is 0.339 e. The van der Waals surface area contributed by atoms with Gasteiger partial charge < -0.3 is 9.47 Å². The maximum absolute atomic E-state index is 12.6. The molecule has 1 aliphatic carbocycles. The van der Waals surface area contributed by atoms with Gasteiger partial charge in [0.25, 0.3) is 0 Å².